The summed E-state index contributed by atoms with van der Waals surface area (Å²) in [6.45, 7) is -1.81. The van der Waals surface area contributed by atoms with E-state index in [1.54, 1.807) is 6.92 Å². The molecule has 0 radical (unpaired) electrons. The molecule has 0 aliphatic rings. The monoisotopic (exact) mass is 429 g/mol. The predicted octanol–water partition coefficient (Wildman–Crippen LogP) is 4.50. The number of alkyl halides is 2. The minimum atomic E-state index is -3.01. The van der Waals surface area contributed by atoms with Gasteiger partial charge in [-0.15, -0.1) is 0 Å². The second-order valence-electron chi connectivity index (χ2n) is 6.20. The minimum absolute atomic E-state index is 0.0586. The van der Waals surface area contributed by atoms with Crippen LogP contribution < -0.4 is 15.6 Å². The van der Waals surface area contributed by atoms with Gasteiger partial charge in [0.15, 0.2) is 17.5 Å². The van der Waals surface area contributed by atoms with Crippen LogP contribution in [0, 0.1) is 30.2 Å². The lowest BCUT2D eigenvalue weighted by Crippen LogP contribution is -2.20. The summed E-state index contributed by atoms with van der Waals surface area (Å²) in [6.07, 6.45) is 0.764. The third-order valence-electron chi connectivity index (χ3n) is 4.02. The summed E-state index contributed by atoms with van der Waals surface area (Å²) >= 11 is 0. The number of aryl methyl sites for hydroxylation is 1. The van der Waals surface area contributed by atoms with Crippen LogP contribution >= 0.6 is 0 Å². The van der Waals surface area contributed by atoms with Crippen LogP contribution in [0.25, 0.3) is 0 Å². The number of nitrogens with zero attached hydrogens (tertiary/aromatic N) is 2. The molecule has 3 rings (SSSR count). The molecular weight excluding hydrogens is 416 g/mol. The molecule has 5 nitrogen and oxygen atoms in total. The fourth-order valence-electron chi connectivity index (χ4n) is 2.66. The second kappa shape index (κ2) is 8.47. The molecule has 2 aromatic carbocycles. The maximum atomic E-state index is 13.8. The van der Waals surface area contributed by atoms with Crippen LogP contribution in [0.15, 0.2) is 41.3 Å². The summed E-state index contributed by atoms with van der Waals surface area (Å²) in [7, 11) is 0. The molecule has 1 heterocycles. The maximum absolute atomic E-state index is 13.8. The number of hydrogen-bond donors (Lipinski definition) is 1. The van der Waals surface area contributed by atoms with E-state index in [9.17, 15) is 31.1 Å². The second-order valence-corrected chi connectivity index (χ2v) is 6.20. The molecule has 0 aliphatic carbocycles. The first kappa shape index (κ1) is 21.2. The van der Waals surface area contributed by atoms with Crippen molar-refractivity contribution in [2.45, 2.75) is 20.1 Å². The lowest BCUT2D eigenvalue weighted by atomic mass is 10.2. The zero-order valence-electron chi connectivity index (χ0n) is 15.2. The summed E-state index contributed by atoms with van der Waals surface area (Å²) in [5.41, 5.74) is -0.505. The molecule has 0 atom stereocenters. The van der Waals surface area contributed by atoms with Crippen LogP contribution in [0.1, 0.15) is 11.1 Å². The van der Waals surface area contributed by atoms with E-state index in [-0.39, 0.29) is 23.8 Å². The van der Waals surface area contributed by atoms with Crippen molar-refractivity contribution < 1.29 is 31.1 Å². The molecule has 1 N–H and O–H groups in total. The van der Waals surface area contributed by atoms with Crippen LogP contribution in [0.2, 0.25) is 0 Å². The molecule has 1 aromatic heterocycles. The SMILES string of the molecule is Cc1cc(OC(F)F)ccc1Nc1nc(=O)c(F)cn1Cc1cc(F)c(F)c(F)c1. The van der Waals surface area contributed by atoms with Gasteiger partial charge >= 0.3 is 12.2 Å². The summed E-state index contributed by atoms with van der Waals surface area (Å²) in [4.78, 5) is 15.2. The van der Waals surface area contributed by atoms with Crippen molar-refractivity contribution in [3.63, 3.8) is 0 Å². The number of nitrogens with one attached hydrogen (secondary N) is 1. The number of ether oxygens (including phenoxy) is 1. The highest BCUT2D eigenvalue weighted by Crippen LogP contribution is 2.25. The quantitative estimate of drug-likeness (QED) is 0.463. The zero-order valence-corrected chi connectivity index (χ0v) is 15.2. The fraction of sp³-hybridized carbons (Fsp3) is 0.158. The van der Waals surface area contributed by atoms with E-state index in [4.69, 9.17) is 0 Å². The van der Waals surface area contributed by atoms with Gasteiger partial charge in [0, 0.05) is 11.9 Å². The highest BCUT2D eigenvalue weighted by Gasteiger charge is 2.15. The first-order valence-electron chi connectivity index (χ1n) is 8.37. The molecule has 0 fully saturated rings. The Kier molecular flexibility index (Phi) is 5.99. The summed E-state index contributed by atoms with van der Waals surface area (Å²) < 4.78 is 83.8. The predicted molar refractivity (Wildman–Crippen MR) is 95.0 cm³/mol. The average Bonchev–Trinajstić information content (AvgIpc) is 2.65. The van der Waals surface area contributed by atoms with Gasteiger partial charge in [0.2, 0.25) is 11.8 Å². The molecule has 30 heavy (non-hydrogen) atoms. The van der Waals surface area contributed by atoms with Crippen LogP contribution in [-0.2, 0) is 6.54 Å². The molecule has 0 spiro atoms. The topological polar surface area (TPSA) is 56.1 Å². The summed E-state index contributed by atoms with van der Waals surface area (Å²) in [6, 6.07) is 5.34. The van der Waals surface area contributed by atoms with Gasteiger partial charge in [0.1, 0.15) is 5.75 Å². The molecule has 3 aromatic rings. The molecular formula is C19H13F6N3O2. The van der Waals surface area contributed by atoms with Gasteiger partial charge in [-0.2, -0.15) is 18.2 Å². The normalized spacial score (nSPS) is 11.1. The van der Waals surface area contributed by atoms with Crippen molar-refractivity contribution in [2.75, 3.05) is 5.32 Å². The fourth-order valence-corrected chi connectivity index (χ4v) is 2.66. The van der Waals surface area contributed by atoms with Gasteiger partial charge in [-0.05, 0) is 48.4 Å². The Bertz CT molecular complexity index is 1130. The van der Waals surface area contributed by atoms with E-state index in [0.29, 0.717) is 11.3 Å². The molecule has 0 amide bonds. The Hall–Kier alpha value is -3.50. The van der Waals surface area contributed by atoms with E-state index in [2.05, 4.69) is 15.0 Å². The van der Waals surface area contributed by atoms with E-state index in [1.165, 1.54) is 18.2 Å². The Balaban J connectivity index is 1.96. The van der Waals surface area contributed by atoms with Gasteiger partial charge in [0.25, 0.3) is 0 Å². The van der Waals surface area contributed by atoms with Crippen molar-refractivity contribution in [3.05, 3.63) is 81.3 Å². The molecule has 0 unspecified atom stereocenters. The van der Waals surface area contributed by atoms with Crippen LogP contribution in [0.5, 0.6) is 5.75 Å². The Morgan fingerprint density at radius 1 is 1.07 bits per heavy atom. The number of rotatable bonds is 6. The first-order valence-corrected chi connectivity index (χ1v) is 8.37. The van der Waals surface area contributed by atoms with Crippen molar-refractivity contribution in [2.24, 2.45) is 0 Å². The number of halogens is 6. The number of benzene rings is 2. The smallest absolute Gasteiger partial charge is 0.387 e. The van der Waals surface area contributed by atoms with Crippen molar-refractivity contribution in [1.29, 1.82) is 0 Å². The largest absolute Gasteiger partial charge is 0.435 e. The molecule has 0 aliphatic heterocycles. The van der Waals surface area contributed by atoms with E-state index < -0.39 is 35.4 Å². The number of aromatic nitrogens is 2. The Labute approximate surface area is 165 Å². The standard InChI is InChI=1S/C19H13F6N3O2/c1-9-4-11(30-18(24)25)2-3-15(9)26-19-27-17(29)14(22)8-28(19)7-10-5-12(20)16(23)13(21)6-10/h2-6,8,18H,7H2,1H3,(H,26,27,29). The zero-order chi connectivity index (χ0) is 22.0. The van der Waals surface area contributed by atoms with Gasteiger partial charge in [0.05, 0.1) is 6.54 Å². The van der Waals surface area contributed by atoms with Crippen molar-refractivity contribution >= 4 is 11.6 Å². The van der Waals surface area contributed by atoms with Crippen LogP contribution in [0.3, 0.4) is 0 Å². The Morgan fingerprint density at radius 3 is 2.33 bits per heavy atom. The van der Waals surface area contributed by atoms with E-state index in [0.717, 1.165) is 22.9 Å². The lowest BCUT2D eigenvalue weighted by molar-refractivity contribution is -0.0498. The molecule has 11 heteroatoms. The molecule has 0 saturated heterocycles. The van der Waals surface area contributed by atoms with Gasteiger partial charge in [-0.25, -0.2) is 13.2 Å². The van der Waals surface area contributed by atoms with Crippen LogP contribution in [0.4, 0.5) is 38.0 Å². The molecule has 0 saturated carbocycles. The third-order valence-corrected chi connectivity index (χ3v) is 4.02. The highest BCUT2D eigenvalue weighted by molar-refractivity contribution is 5.60. The van der Waals surface area contributed by atoms with E-state index in [1.807, 2.05) is 0 Å². The van der Waals surface area contributed by atoms with Gasteiger partial charge < -0.3 is 14.6 Å². The first-order chi connectivity index (χ1) is 14.1. The average molecular weight is 429 g/mol. The van der Waals surface area contributed by atoms with Crippen LogP contribution in [-0.4, -0.2) is 16.2 Å². The number of anilines is 2. The maximum Gasteiger partial charge on any atom is 0.387 e. The minimum Gasteiger partial charge on any atom is -0.435 e. The molecule has 158 valence electrons. The van der Waals surface area contributed by atoms with Crippen molar-refractivity contribution in [1.82, 2.24) is 9.55 Å². The van der Waals surface area contributed by atoms with Crippen molar-refractivity contribution in [3.8, 4) is 5.75 Å². The van der Waals surface area contributed by atoms with Gasteiger partial charge in [-0.3, -0.25) is 4.79 Å². The highest BCUT2D eigenvalue weighted by atomic mass is 19.3. The third kappa shape index (κ3) is 4.73. The Morgan fingerprint density at radius 2 is 1.73 bits per heavy atom. The van der Waals surface area contributed by atoms with E-state index >= 15 is 0 Å². The number of hydrogen-bond acceptors (Lipinski definition) is 4. The van der Waals surface area contributed by atoms with Gasteiger partial charge in [-0.1, -0.05) is 0 Å². The summed E-state index contributed by atoms with van der Waals surface area (Å²) in [5.74, 6) is -6.03. The molecule has 0 bridgehead atoms. The lowest BCUT2D eigenvalue weighted by Gasteiger charge is -2.16. The summed E-state index contributed by atoms with van der Waals surface area (Å²) in [5, 5.41) is 2.73.